The summed E-state index contributed by atoms with van der Waals surface area (Å²) in [5.74, 6) is 1.06. The quantitative estimate of drug-likeness (QED) is 0.478. The van der Waals surface area contributed by atoms with Gasteiger partial charge in [0.05, 0.1) is 11.7 Å². The number of nitrogens with zero attached hydrogens (tertiary/aromatic N) is 6. The molecule has 0 unspecified atom stereocenters. The van der Waals surface area contributed by atoms with E-state index >= 15 is 0 Å². The third kappa shape index (κ3) is 4.56. The predicted molar refractivity (Wildman–Crippen MR) is 141 cm³/mol. The molecule has 0 aliphatic carbocycles. The van der Waals surface area contributed by atoms with Crippen LogP contribution in [0.3, 0.4) is 0 Å². The van der Waals surface area contributed by atoms with Gasteiger partial charge in [-0.05, 0) is 35.9 Å². The largest absolute Gasteiger partial charge is 0.368 e. The van der Waals surface area contributed by atoms with Crippen LogP contribution in [-0.4, -0.2) is 59.3 Å². The van der Waals surface area contributed by atoms with Gasteiger partial charge >= 0.3 is 0 Å². The van der Waals surface area contributed by atoms with Gasteiger partial charge in [-0.2, -0.15) is 5.10 Å². The summed E-state index contributed by atoms with van der Waals surface area (Å²) in [5, 5.41) is 8.00. The Morgan fingerprint density at radius 2 is 1.74 bits per heavy atom. The minimum absolute atomic E-state index is 0.102. The lowest BCUT2D eigenvalue weighted by atomic mass is 9.94. The van der Waals surface area contributed by atoms with Crippen LogP contribution in [0.1, 0.15) is 20.8 Å². The first-order chi connectivity index (χ1) is 16.8. The lowest BCUT2D eigenvalue weighted by molar-refractivity contribution is -0.125. The zero-order valence-corrected chi connectivity index (χ0v) is 20.7. The van der Waals surface area contributed by atoms with Gasteiger partial charge in [0.15, 0.2) is 0 Å². The van der Waals surface area contributed by atoms with Crippen molar-refractivity contribution in [3.8, 4) is 11.1 Å². The topological polar surface area (TPSA) is 81.2 Å². The first-order valence-electron chi connectivity index (χ1n) is 11.9. The minimum atomic E-state index is -0.422. The van der Waals surface area contributed by atoms with E-state index in [1.165, 1.54) is 0 Å². The number of piperazine rings is 1. The molecule has 8 heteroatoms. The van der Waals surface area contributed by atoms with Crippen molar-refractivity contribution in [1.29, 1.82) is 0 Å². The summed E-state index contributed by atoms with van der Waals surface area (Å²) < 4.78 is 0. The van der Waals surface area contributed by atoms with E-state index in [0.717, 1.165) is 65.4 Å². The number of hydrogen-bond acceptors (Lipinski definition) is 6. The molecule has 8 nitrogen and oxygen atoms in total. The second-order valence-electron chi connectivity index (χ2n) is 10.0. The Bertz CT molecular complexity index is 1340. The molecule has 5 rings (SSSR count). The molecule has 1 saturated heterocycles. The maximum absolute atomic E-state index is 12.7. The molecular formula is C27H31N7O. The number of anilines is 3. The van der Waals surface area contributed by atoms with E-state index in [9.17, 15) is 4.79 Å². The summed E-state index contributed by atoms with van der Waals surface area (Å²) in [6.45, 7) is 9.28. The van der Waals surface area contributed by atoms with Gasteiger partial charge in [-0.15, -0.1) is 0 Å². The van der Waals surface area contributed by atoms with Gasteiger partial charge in [0.25, 0.3) is 0 Å². The summed E-state index contributed by atoms with van der Waals surface area (Å²) in [5.41, 5.74) is 4.69. The van der Waals surface area contributed by atoms with E-state index in [1.54, 1.807) is 11.2 Å². The molecule has 0 spiro atoms. The Hall–Kier alpha value is -3.94. The zero-order valence-electron chi connectivity index (χ0n) is 20.7. The third-order valence-electron chi connectivity index (χ3n) is 6.55. The van der Waals surface area contributed by atoms with Crippen LogP contribution in [0.5, 0.6) is 0 Å². The van der Waals surface area contributed by atoms with E-state index in [0.29, 0.717) is 0 Å². The molecule has 0 atom stereocenters. The first-order valence-corrected chi connectivity index (χ1v) is 11.9. The van der Waals surface area contributed by atoms with Crippen LogP contribution in [0.25, 0.3) is 22.0 Å². The number of fused-ring (bicyclic) bond motifs is 1. The molecule has 35 heavy (non-hydrogen) atoms. The number of H-pyrrole nitrogens is 1. The van der Waals surface area contributed by atoms with Crippen LogP contribution in [-0.2, 0) is 4.79 Å². The molecule has 0 bridgehead atoms. The summed E-state index contributed by atoms with van der Waals surface area (Å²) in [4.78, 5) is 28.3. The fourth-order valence-electron chi connectivity index (χ4n) is 4.58. The number of benzene rings is 2. The SMILES string of the molecule is CN(C(=O)C(C)(C)C)c1cccc(N2CCN(c3ncnc4ccc(-c5cn[nH]c5)cc34)CC2)c1. The number of hydrogen-bond donors (Lipinski definition) is 1. The smallest absolute Gasteiger partial charge is 0.232 e. The second kappa shape index (κ2) is 9.02. The first kappa shape index (κ1) is 22.8. The molecule has 0 saturated carbocycles. The fourth-order valence-corrected chi connectivity index (χ4v) is 4.58. The van der Waals surface area contributed by atoms with Gasteiger partial charge in [-0.25, -0.2) is 9.97 Å². The van der Waals surface area contributed by atoms with Gasteiger partial charge in [-0.3, -0.25) is 9.89 Å². The number of amides is 1. The number of nitrogens with one attached hydrogen (secondary N) is 1. The molecule has 2 aromatic carbocycles. The molecule has 1 fully saturated rings. The van der Waals surface area contributed by atoms with Gasteiger partial charge < -0.3 is 14.7 Å². The van der Waals surface area contributed by atoms with Crippen molar-refractivity contribution in [3.05, 3.63) is 61.2 Å². The molecule has 1 amide bonds. The highest BCUT2D eigenvalue weighted by Crippen LogP contribution is 2.30. The van der Waals surface area contributed by atoms with Crippen LogP contribution in [0.15, 0.2) is 61.2 Å². The van der Waals surface area contributed by atoms with Crippen LogP contribution in [0.4, 0.5) is 17.2 Å². The second-order valence-corrected chi connectivity index (χ2v) is 10.0. The summed E-state index contributed by atoms with van der Waals surface area (Å²) in [7, 11) is 1.85. The zero-order chi connectivity index (χ0) is 24.6. The van der Waals surface area contributed by atoms with Crippen LogP contribution in [0.2, 0.25) is 0 Å². The number of carbonyl (C=O) groups excluding carboxylic acids is 1. The highest BCUT2D eigenvalue weighted by atomic mass is 16.2. The Morgan fingerprint density at radius 3 is 2.46 bits per heavy atom. The Labute approximate surface area is 205 Å². The lowest BCUT2D eigenvalue weighted by Crippen LogP contribution is -2.47. The van der Waals surface area contributed by atoms with Gasteiger partial charge in [0.2, 0.25) is 5.91 Å². The Morgan fingerprint density at radius 1 is 0.971 bits per heavy atom. The fraction of sp³-hybridized carbons (Fsp3) is 0.333. The molecule has 180 valence electrons. The van der Waals surface area contributed by atoms with E-state index in [-0.39, 0.29) is 5.91 Å². The average Bonchev–Trinajstić information content (AvgIpc) is 3.42. The number of aromatic nitrogens is 4. The van der Waals surface area contributed by atoms with E-state index in [4.69, 9.17) is 0 Å². The van der Waals surface area contributed by atoms with Crippen LogP contribution >= 0.6 is 0 Å². The van der Waals surface area contributed by atoms with Crippen molar-refractivity contribution in [2.24, 2.45) is 5.41 Å². The van der Waals surface area contributed by atoms with Gasteiger partial charge in [0.1, 0.15) is 12.1 Å². The van der Waals surface area contributed by atoms with Crippen molar-refractivity contribution >= 4 is 34.0 Å². The highest BCUT2D eigenvalue weighted by molar-refractivity contribution is 5.97. The molecule has 2 aromatic heterocycles. The average molecular weight is 470 g/mol. The highest BCUT2D eigenvalue weighted by Gasteiger charge is 2.26. The standard InChI is InChI=1S/C27H31N7O/c1-27(2,3)26(35)32(4)21-6-5-7-22(15-21)33-10-12-34(13-11-33)25-23-14-19(20-16-30-31-17-20)8-9-24(23)28-18-29-25/h5-9,14-18H,10-13H2,1-4H3,(H,30,31). The number of carbonyl (C=O) groups is 1. The van der Waals surface area contributed by atoms with Crippen molar-refractivity contribution in [2.45, 2.75) is 20.8 Å². The third-order valence-corrected chi connectivity index (χ3v) is 6.55. The normalized spacial score (nSPS) is 14.4. The molecule has 4 aromatic rings. The molecule has 1 aliphatic rings. The maximum Gasteiger partial charge on any atom is 0.232 e. The minimum Gasteiger partial charge on any atom is -0.368 e. The van der Waals surface area contributed by atoms with Crippen molar-refractivity contribution in [2.75, 3.05) is 47.9 Å². The van der Waals surface area contributed by atoms with E-state index in [2.05, 4.69) is 54.2 Å². The predicted octanol–water partition coefficient (Wildman–Crippen LogP) is 4.36. The molecule has 3 heterocycles. The summed E-state index contributed by atoms with van der Waals surface area (Å²) >= 11 is 0. The van der Waals surface area contributed by atoms with Crippen molar-refractivity contribution in [3.63, 3.8) is 0 Å². The molecule has 1 N–H and O–H groups in total. The van der Waals surface area contributed by atoms with Crippen LogP contribution < -0.4 is 14.7 Å². The molecule has 1 aliphatic heterocycles. The Kier molecular flexibility index (Phi) is 5.88. The van der Waals surface area contributed by atoms with Crippen molar-refractivity contribution in [1.82, 2.24) is 20.2 Å². The van der Waals surface area contributed by atoms with Crippen molar-refractivity contribution < 1.29 is 4.79 Å². The van der Waals surface area contributed by atoms with Gasteiger partial charge in [0, 0.05) is 67.2 Å². The van der Waals surface area contributed by atoms with Crippen LogP contribution in [0, 0.1) is 5.41 Å². The summed E-state index contributed by atoms with van der Waals surface area (Å²) in [6, 6.07) is 14.5. The Balaban J connectivity index is 1.34. The molecular weight excluding hydrogens is 438 g/mol. The summed E-state index contributed by atoms with van der Waals surface area (Å²) in [6.07, 6.45) is 5.36. The number of rotatable bonds is 4. The van der Waals surface area contributed by atoms with E-state index < -0.39 is 5.41 Å². The lowest BCUT2D eigenvalue weighted by Gasteiger charge is -2.37. The maximum atomic E-state index is 12.7. The monoisotopic (exact) mass is 469 g/mol. The van der Waals surface area contributed by atoms with E-state index in [1.807, 2.05) is 58.4 Å². The van der Waals surface area contributed by atoms with Gasteiger partial charge in [-0.1, -0.05) is 32.9 Å². The number of aromatic amines is 1. The molecule has 0 radical (unpaired) electrons.